The maximum absolute atomic E-state index is 5.96. The van der Waals surface area contributed by atoms with E-state index in [-0.39, 0.29) is 0 Å². The van der Waals surface area contributed by atoms with E-state index in [0.717, 1.165) is 45.2 Å². The van der Waals surface area contributed by atoms with Gasteiger partial charge in [-0.2, -0.15) is 0 Å². The van der Waals surface area contributed by atoms with Crippen molar-refractivity contribution in [3.05, 3.63) is 88.8 Å². The van der Waals surface area contributed by atoms with Gasteiger partial charge in [-0.05, 0) is 73.5 Å². The predicted octanol–water partition coefficient (Wildman–Crippen LogP) is 5.99. The summed E-state index contributed by atoms with van der Waals surface area (Å²) in [7, 11) is 0. The summed E-state index contributed by atoms with van der Waals surface area (Å²) in [5.41, 5.74) is 6.03. The van der Waals surface area contributed by atoms with Crippen LogP contribution in [0.5, 0.6) is 5.75 Å². The van der Waals surface area contributed by atoms with Gasteiger partial charge in [0.1, 0.15) is 18.2 Å². The van der Waals surface area contributed by atoms with Gasteiger partial charge in [0.15, 0.2) is 0 Å². The Morgan fingerprint density at radius 3 is 2.46 bits per heavy atom. The maximum atomic E-state index is 5.96. The molecule has 4 nitrogen and oxygen atoms in total. The molecule has 0 amide bonds. The first-order chi connectivity index (χ1) is 13.6. The fourth-order valence-electron chi connectivity index (χ4n) is 2.93. The number of benzene rings is 2. The highest BCUT2D eigenvalue weighted by atomic mass is 35.5. The fourth-order valence-corrected chi connectivity index (χ4v) is 3.06. The van der Waals surface area contributed by atoms with Crippen LogP contribution in [0, 0.1) is 13.8 Å². The molecular formula is C23H20ClN3O. The molecule has 0 atom stereocenters. The van der Waals surface area contributed by atoms with Crippen LogP contribution in [0.2, 0.25) is 5.02 Å². The summed E-state index contributed by atoms with van der Waals surface area (Å²) in [4.78, 5) is 12.3. The zero-order valence-electron chi connectivity index (χ0n) is 15.7. The Morgan fingerprint density at radius 2 is 1.75 bits per heavy atom. The zero-order chi connectivity index (χ0) is 19.5. The first kappa shape index (κ1) is 18.3. The van der Waals surface area contributed by atoms with Crippen LogP contribution in [0.15, 0.2) is 67.0 Å². The highest BCUT2D eigenvalue weighted by Gasteiger charge is 2.09. The van der Waals surface area contributed by atoms with E-state index >= 15 is 0 Å². The number of nitrogens with zero attached hydrogens (tertiary/aromatic N) is 2. The summed E-state index contributed by atoms with van der Waals surface area (Å²) in [6.45, 7) is 4.51. The third-order valence-electron chi connectivity index (χ3n) is 4.51. The van der Waals surface area contributed by atoms with Crippen LogP contribution in [0.1, 0.15) is 16.8 Å². The molecule has 0 saturated heterocycles. The lowest BCUT2D eigenvalue weighted by molar-refractivity contribution is 0.299. The maximum Gasteiger partial charge on any atom is 0.138 e. The van der Waals surface area contributed by atoms with Crippen LogP contribution in [0.3, 0.4) is 0 Å². The number of hydrogen-bond acceptors (Lipinski definition) is 3. The second-order valence-electron chi connectivity index (χ2n) is 6.74. The number of nitrogens with one attached hydrogen (secondary N) is 1. The van der Waals surface area contributed by atoms with Crippen LogP contribution in [-0.2, 0) is 6.61 Å². The quantitative estimate of drug-likeness (QED) is 0.456. The Morgan fingerprint density at radius 1 is 0.964 bits per heavy atom. The van der Waals surface area contributed by atoms with Crippen molar-refractivity contribution in [2.75, 3.05) is 0 Å². The number of halogens is 1. The summed E-state index contributed by atoms with van der Waals surface area (Å²) >= 11 is 5.96. The number of ether oxygens (including phenoxy) is 1. The van der Waals surface area contributed by atoms with E-state index < -0.39 is 0 Å². The molecular weight excluding hydrogens is 370 g/mol. The lowest BCUT2D eigenvalue weighted by atomic mass is 10.1. The number of aryl methyl sites for hydroxylation is 2. The molecule has 2 heterocycles. The van der Waals surface area contributed by atoms with Crippen LogP contribution >= 0.6 is 11.6 Å². The molecule has 140 valence electrons. The molecule has 0 radical (unpaired) electrons. The molecule has 0 fully saturated rings. The van der Waals surface area contributed by atoms with Crippen molar-refractivity contribution < 1.29 is 4.74 Å². The standard InChI is InChI=1S/C23H20ClN3O/c1-15-3-9-20(25-12-15)14-28-22-10-6-18(11-16(22)2)21-13-26-23(27-21)17-4-7-19(24)8-5-17/h3-13H,14H2,1-2H3,(H,26,27). The molecule has 4 aromatic rings. The number of H-pyrrole nitrogens is 1. The summed E-state index contributed by atoms with van der Waals surface area (Å²) in [5, 5.41) is 0.711. The van der Waals surface area contributed by atoms with Crippen molar-refractivity contribution in [2.24, 2.45) is 0 Å². The molecule has 0 unspecified atom stereocenters. The smallest absolute Gasteiger partial charge is 0.138 e. The number of aromatic nitrogens is 3. The SMILES string of the molecule is Cc1ccc(COc2ccc(-c3c[nH]c(-c4ccc(Cl)cc4)n3)cc2C)nc1. The van der Waals surface area contributed by atoms with Crippen molar-refractivity contribution in [3.8, 4) is 28.4 Å². The lowest BCUT2D eigenvalue weighted by Gasteiger charge is -2.10. The van der Waals surface area contributed by atoms with Crippen molar-refractivity contribution in [2.45, 2.75) is 20.5 Å². The second-order valence-corrected chi connectivity index (χ2v) is 7.17. The van der Waals surface area contributed by atoms with Gasteiger partial charge in [-0.1, -0.05) is 17.7 Å². The first-order valence-electron chi connectivity index (χ1n) is 9.05. The van der Waals surface area contributed by atoms with Gasteiger partial charge in [-0.15, -0.1) is 0 Å². The molecule has 4 rings (SSSR count). The second kappa shape index (κ2) is 7.87. The summed E-state index contributed by atoms with van der Waals surface area (Å²) < 4.78 is 5.94. The van der Waals surface area contributed by atoms with Crippen molar-refractivity contribution in [1.29, 1.82) is 0 Å². The average molecular weight is 390 g/mol. The molecule has 0 bridgehead atoms. The van der Waals surface area contributed by atoms with Crippen LogP contribution in [-0.4, -0.2) is 15.0 Å². The number of pyridine rings is 1. The van der Waals surface area contributed by atoms with Crippen molar-refractivity contribution in [3.63, 3.8) is 0 Å². The normalized spacial score (nSPS) is 10.8. The van der Waals surface area contributed by atoms with Gasteiger partial charge in [-0.25, -0.2) is 4.98 Å². The molecule has 0 aliphatic rings. The number of hydrogen-bond donors (Lipinski definition) is 1. The van der Waals surface area contributed by atoms with Gasteiger partial charge in [-0.3, -0.25) is 4.98 Å². The first-order valence-corrected chi connectivity index (χ1v) is 9.43. The van der Waals surface area contributed by atoms with E-state index in [1.165, 1.54) is 0 Å². The molecule has 0 aliphatic heterocycles. The highest BCUT2D eigenvalue weighted by Crippen LogP contribution is 2.28. The number of aromatic amines is 1. The van der Waals surface area contributed by atoms with Crippen LogP contribution < -0.4 is 4.74 Å². The minimum absolute atomic E-state index is 0.448. The lowest BCUT2D eigenvalue weighted by Crippen LogP contribution is -1.99. The Kier molecular flexibility index (Phi) is 5.13. The monoisotopic (exact) mass is 389 g/mol. The average Bonchev–Trinajstić information content (AvgIpc) is 3.19. The van der Waals surface area contributed by atoms with Gasteiger partial charge in [0, 0.05) is 28.5 Å². The summed E-state index contributed by atoms with van der Waals surface area (Å²) in [6, 6.07) is 17.7. The topological polar surface area (TPSA) is 50.8 Å². The third-order valence-corrected chi connectivity index (χ3v) is 4.77. The number of imidazole rings is 1. The van der Waals surface area contributed by atoms with Gasteiger partial charge in [0.2, 0.25) is 0 Å². The fraction of sp³-hybridized carbons (Fsp3) is 0.130. The molecule has 2 aromatic heterocycles. The molecule has 5 heteroatoms. The van der Waals surface area contributed by atoms with Crippen LogP contribution in [0.25, 0.3) is 22.6 Å². The molecule has 0 spiro atoms. The predicted molar refractivity (Wildman–Crippen MR) is 113 cm³/mol. The Bertz CT molecular complexity index is 1090. The minimum atomic E-state index is 0.448. The van der Waals surface area contributed by atoms with E-state index in [1.54, 1.807) is 0 Å². The Labute approximate surface area is 169 Å². The van der Waals surface area contributed by atoms with E-state index in [4.69, 9.17) is 21.3 Å². The van der Waals surface area contributed by atoms with E-state index in [1.807, 2.05) is 74.8 Å². The van der Waals surface area contributed by atoms with Gasteiger partial charge in [0.25, 0.3) is 0 Å². The summed E-state index contributed by atoms with van der Waals surface area (Å²) in [5.74, 6) is 1.66. The van der Waals surface area contributed by atoms with E-state index in [0.29, 0.717) is 11.6 Å². The molecule has 2 aromatic carbocycles. The number of rotatable bonds is 5. The van der Waals surface area contributed by atoms with Crippen LogP contribution in [0.4, 0.5) is 0 Å². The van der Waals surface area contributed by atoms with Gasteiger partial charge < -0.3 is 9.72 Å². The zero-order valence-corrected chi connectivity index (χ0v) is 16.5. The van der Waals surface area contributed by atoms with Crippen molar-refractivity contribution in [1.82, 2.24) is 15.0 Å². The largest absolute Gasteiger partial charge is 0.487 e. The van der Waals surface area contributed by atoms with E-state index in [2.05, 4.69) is 16.0 Å². The molecule has 28 heavy (non-hydrogen) atoms. The van der Waals surface area contributed by atoms with E-state index in [9.17, 15) is 0 Å². The molecule has 0 saturated carbocycles. The third kappa shape index (κ3) is 4.07. The molecule has 0 aliphatic carbocycles. The van der Waals surface area contributed by atoms with Gasteiger partial charge >= 0.3 is 0 Å². The minimum Gasteiger partial charge on any atom is -0.487 e. The molecule has 1 N–H and O–H groups in total. The van der Waals surface area contributed by atoms with Gasteiger partial charge in [0.05, 0.1) is 11.4 Å². The summed E-state index contributed by atoms with van der Waals surface area (Å²) in [6.07, 6.45) is 3.76. The van der Waals surface area contributed by atoms with Crippen molar-refractivity contribution >= 4 is 11.6 Å². The Hall–Kier alpha value is -3.11. The highest BCUT2D eigenvalue weighted by molar-refractivity contribution is 6.30. The Balaban J connectivity index is 1.50.